The Morgan fingerprint density at radius 1 is 1.17 bits per heavy atom. The number of aryl methyl sites for hydroxylation is 1. The Labute approximate surface area is 174 Å². The third-order valence-electron chi connectivity index (χ3n) is 4.97. The number of hydrazone groups is 1. The summed E-state index contributed by atoms with van der Waals surface area (Å²) in [5, 5.41) is 5.48. The molecule has 1 aliphatic heterocycles. The van der Waals surface area contributed by atoms with E-state index in [-0.39, 0.29) is 5.15 Å². The second kappa shape index (κ2) is 7.31. The van der Waals surface area contributed by atoms with Crippen LogP contribution in [0.15, 0.2) is 53.6 Å². The van der Waals surface area contributed by atoms with E-state index in [2.05, 4.69) is 10.1 Å². The quantitative estimate of drug-likeness (QED) is 0.579. The van der Waals surface area contributed by atoms with Gasteiger partial charge in [-0.2, -0.15) is 9.52 Å². The van der Waals surface area contributed by atoms with Crippen LogP contribution in [0, 0.1) is 6.92 Å². The van der Waals surface area contributed by atoms with Crippen LogP contribution in [0.5, 0.6) is 5.75 Å². The number of ether oxygens (including phenoxy) is 1. The van der Waals surface area contributed by atoms with Crippen molar-refractivity contribution < 1.29 is 13.2 Å². The normalized spacial score (nSPS) is 16.9. The summed E-state index contributed by atoms with van der Waals surface area (Å²) in [4.78, 5) is 4.48. The van der Waals surface area contributed by atoms with Crippen molar-refractivity contribution in [2.75, 3.05) is 13.4 Å². The fourth-order valence-electron chi connectivity index (χ4n) is 3.51. The monoisotopic (exact) mass is 429 g/mol. The molecule has 0 bridgehead atoms. The highest BCUT2D eigenvalue weighted by atomic mass is 35.5. The average molecular weight is 430 g/mol. The van der Waals surface area contributed by atoms with Gasteiger partial charge in [0.25, 0.3) is 0 Å². The number of rotatable bonds is 4. The molecule has 6 nitrogen and oxygen atoms in total. The Bertz CT molecular complexity index is 1220. The molecule has 1 aromatic heterocycles. The number of benzene rings is 2. The lowest BCUT2D eigenvalue weighted by Gasteiger charge is -2.22. The molecule has 3 aromatic rings. The smallest absolute Gasteiger partial charge is 0.247 e. The van der Waals surface area contributed by atoms with E-state index in [9.17, 15) is 8.42 Å². The molecule has 0 aliphatic carbocycles. The van der Waals surface area contributed by atoms with Crippen molar-refractivity contribution in [3.8, 4) is 5.75 Å². The van der Waals surface area contributed by atoms with Crippen molar-refractivity contribution >= 4 is 38.2 Å². The van der Waals surface area contributed by atoms with Crippen molar-refractivity contribution in [1.29, 1.82) is 0 Å². The maximum absolute atomic E-state index is 12.5. The lowest BCUT2D eigenvalue weighted by molar-refractivity contribution is 0.374. The van der Waals surface area contributed by atoms with Crippen LogP contribution in [0.2, 0.25) is 5.15 Å². The summed E-state index contributed by atoms with van der Waals surface area (Å²) in [5.74, 6) is 0.610. The van der Waals surface area contributed by atoms with E-state index in [1.54, 1.807) is 7.11 Å². The topological polar surface area (TPSA) is 71.9 Å². The Kier molecular flexibility index (Phi) is 4.96. The Morgan fingerprint density at radius 2 is 1.90 bits per heavy atom. The summed E-state index contributed by atoms with van der Waals surface area (Å²) >= 11 is 6.50. The molecule has 1 aliphatic rings. The minimum atomic E-state index is -3.60. The second-order valence-corrected chi connectivity index (χ2v) is 9.27. The van der Waals surface area contributed by atoms with Gasteiger partial charge in [-0.25, -0.2) is 13.4 Å². The number of sulfonamides is 1. The second-order valence-electron chi connectivity index (χ2n) is 7.07. The lowest BCUT2D eigenvalue weighted by Crippen LogP contribution is -2.26. The number of fused-ring (bicyclic) bond motifs is 1. The molecule has 2 heterocycles. The van der Waals surface area contributed by atoms with Crippen LogP contribution in [0.4, 0.5) is 0 Å². The van der Waals surface area contributed by atoms with E-state index in [1.807, 2.05) is 55.5 Å². The van der Waals surface area contributed by atoms with Crippen molar-refractivity contribution in [1.82, 2.24) is 9.40 Å². The highest BCUT2D eigenvalue weighted by Crippen LogP contribution is 2.39. The van der Waals surface area contributed by atoms with E-state index in [0.717, 1.165) is 27.2 Å². The van der Waals surface area contributed by atoms with Crippen LogP contribution in [0.1, 0.15) is 29.2 Å². The highest BCUT2D eigenvalue weighted by molar-refractivity contribution is 7.88. The van der Waals surface area contributed by atoms with Gasteiger partial charge < -0.3 is 4.74 Å². The number of nitrogens with zero attached hydrogens (tertiary/aromatic N) is 3. The summed E-state index contributed by atoms with van der Waals surface area (Å²) in [6, 6.07) is 14.7. The first-order chi connectivity index (χ1) is 13.8. The Morgan fingerprint density at radius 3 is 2.55 bits per heavy atom. The molecule has 0 unspecified atom stereocenters. The first-order valence-corrected chi connectivity index (χ1v) is 11.3. The number of halogens is 1. The Balaban J connectivity index is 1.81. The first-order valence-electron chi connectivity index (χ1n) is 9.05. The predicted molar refractivity (Wildman–Crippen MR) is 115 cm³/mol. The number of hydrogen-bond donors (Lipinski definition) is 0. The molecule has 0 N–H and O–H groups in total. The van der Waals surface area contributed by atoms with Crippen LogP contribution in [0.25, 0.3) is 10.9 Å². The molecule has 8 heteroatoms. The van der Waals surface area contributed by atoms with Gasteiger partial charge in [0.15, 0.2) is 0 Å². The fraction of sp³-hybridized carbons (Fsp3) is 0.238. The van der Waals surface area contributed by atoms with Gasteiger partial charge in [0.05, 0.1) is 25.1 Å². The first kappa shape index (κ1) is 19.7. The summed E-state index contributed by atoms with van der Waals surface area (Å²) < 4.78 is 31.4. The average Bonchev–Trinajstić information content (AvgIpc) is 3.13. The number of methoxy groups -OCH3 is 1. The van der Waals surface area contributed by atoms with E-state index < -0.39 is 16.1 Å². The fourth-order valence-corrected chi connectivity index (χ4v) is 4.67. The molecule has 0 saturated heterocycles. The van der Waals surface area contributed by atoms with Crippen molar-refractivity contribution in [3.05, 3.63) is 70.4 Å². The predicted octanol–water partition coefficient (Wildman–Crippen LogP) is 4.32. The van der Waals surface area contributed by atoms with Gasteiger partial charge in [0, 0.05) is 17.4 Å². The molecule has 0 radical (unpaired) electrons. The van der Waals surface area contributed by atoms with Crippen molar-refractivity contribution in [2.24, 2.45) is 5.10 Å². The molecular weight excluding hydrogens is 410 g/mol. The zero-order valence-corrected chi connectivity index (χ0v) is 17.8. The van der Waals surface area contributed by atoms with Gasteiger partial charge in [0.2, 0.25) is 10.0 Å². The van der Waals surface area contributed by atoms with E-state index in [4.69, 9.17) is 16.3 Å². The minimum absolute atomic E-state index is 0.237. The number of pyridine rings is 1. The zero-order chi connectivity index (χ0) is 20.8. The van der Waals surface area contributed by atoms with Gasteiger partial charge in [-0.3, -0.25) is 0 Å². The molecule has 0 saturated carbocycles. The van der Waals surface area contributed by atoms with Gasteiger partial charge in [0.1, 0.15) is 16.4 Å². The van der Waals surface area contributed by atoms with Crippen LogP contribution in [0.3, 0.4) is 0 Å². The molecule has 150 valence electrons. The molecule has 0 fully saturated rings. The van der Waals surface area contributed by atoms with Crippen molar-refractivity contribution in [3.63, 3.8) is 0 Å². The molecule has 1 atom stereocenters. The Hall–Kier alpha value is -2.64. The molecule has 2 aromatic carbocycles. The summed E-state index contributed by atoms with van der Waals surface area (Å²) in [7, 11) is -2.03. The van der Waals surface area contributed by atoms with E-state index >= 15 is 0 Å². The number of para-hydroxylation sites is 1. The molecule has 0 amide bonds. The number of hydrogen-bond acceptors (Lipinski definition) is 5. The lowest BCUT2D eigenvalue weighted by atomic mass is 9.98. The minimum Gasteiger partial charge on any atom is -0.494 e. The van der Waals surface area contributed by atoms with Crippen LogP contribution in [-0.4, -0.2) is 36.9 Å². The van der Waals surface area contributed by atoms with E-state index in [1.165, 1.54) is 0 Å². The van der Waals surface area contributed by atoms with Gasteiger partial charge >= 0.3 is 0 Å². The van der Waals surface area contributed by atoms with E-state index in [0.29, 0.717) is 29.0 Å². The standard InChI is InChI=1S/C21H20ClN3O3S/c1-13-7-9-14(10-8-13)17-12-18(25(24-17)29(3,26)27)16-11-15-5-4-6-19(28-2)20(15)23-21(16)22/h4-11,18H,12H2,1-3H3/t18-/m1/s1. The number of aromatic nitrogens is 1. The maximum Gasteiger partial charge on any atom is 0.247 e. The highest BCUT2D eigenvalue weighted by Gasteiger charge is 2.36. The third-order valence-corrected chi connectivity index (χ3v) is 6.28. The summed E-state index contributed by atoms with van der Waals surface area (Å²) in [6.07, 6.45) is 1.56. The van der Waals surface area contributed by atoms with Crippen LogP contribution < -0.4 is 4.74 Å². The zero-order valence-electron chi connectivity index (χ0n) is 16.3. The molecular formula is C21H20ClN3O3S. The van der Waals surface area contributed by atoms with Crippen LogP contribution >= 0.6 is 11.6 Å². The van der Waals surface area contributed by atoms with Gasteiger partial charge in [-0.05, 0) is 24.6 Å². The largest absolute Gasteiger partial charge is 0.494 e. The molecule has 0 spiro atoms. The summed E-state index contributed by atoms with van der Waals surface area (Å²) in [5.41, 5.74) is 3.95. The molecule has 4 rings (SSSR count). The third kappa shape index (κ3) is 3.68. The maximum atomic E-state index is 12.5. The SMILES string of the molecule is COc1cccc2cc([C@H]3CC(c4ccc(C)cc4)=NN3S(C)(=O)=O)c(Cl)nc12. The van der Waals surface area contributed by atoms with Crippen molar-refractivity contribution in [2.45, 2.75) is 19.4 Å². The summed E-state index contributed by atoms with van der Waals surface area (Å²) in [6.45, 7) is 2.00. The van der Waals surface area contributed by atoms with Gasteiger partial charge in [-0.1, -0.05) is 53.6 Å². The van der Waals surface area contributed by atoms with Gasteiger partial charge in [-0.15, -0.1) is 0 Å². The molecule has 29 heavy (non-hydrogen) atoms. The van der Waals surface area contributed by atoms with Crippen LogP contribution in [-0.2, 0) is 10.0 Å².